The van der Waals surface area contributed by atoms with Crippen LogP contribution in [0.4, 0.5) is 4.79 Å². The van der Waals surface area contributed by atoms with Gasteiger partial charge in [0.2, 0.25) is 5.91 Å². The Hall–Kier alpha value is -1.63. The van der Waals surface area contributed by atoms with Crippen LogP contribution in [-0.4, -0.2) is 53.6 Å². The van der Waals surface area contributed by atoms with E-state index in [9.17, 15) is 14.4 Å². The number of hydrogen-bond acceptors (Lipinski definition) is 4. The summed E-state index contributed by atoms with van der Waals surface area (Å²) in [5, 5.41) is 13.9. The molecule has 0 aliphatic carbocycles. The van der Waals surface area contributed by atoms with Gasteiger partial charge in [0.15, 0.2) is 0 Å². The van der Waals surface area contributed by atoms with Gasteiger partial charge in [-0.15, -0.1) is 0 Å². The van der Waals surface area contributed by atoms with Gasteiger partial charge >= 0.3 is 12.0 Å². The standard InChI is InChI=1S/C14H25N3O4/c1-9-7-10(5-6-17(9)4)15-13(21)16-11(18)8-14(2,3)12(19)20/h9-10H,5-8H2,1-4H3,(H,19,20)(H2,15,16,18,21). The van der Waals surface area contributed by atoms with Crippen LogP contribution in [-0.2, 0) is 9.59 Å². The maximum atomic E-state index is 11.8. The van der Waals surface area contributed by atoms with Crippen molar-refractivity contribution < 1.29 is 19.5 Å². The Morgan fingerprint density at radius 3 is 2.48 bits per heavy atom. The van der Waals surface area contributed by atoms with Gasteiger partial charge in [0.25, 0.3) is 0 Å². The maximum Gasteiger partial charge on any atom is 0.321 e. The largest absolute Gasteiger partial charge is 0.481 e. The zero-order valence-corrected chi connectivity index (χ0v) is 13.1. The molecule has 0 aromatic heterocycles. The number of urea groups is 1. The normalized spacial score (nSPS) is 23.4. The second-order valence-electron chi connectivity index (χ2n) is 6.44. The number of amides is 3. The molecule has 21 heavy (non-hydrogen) atoms. The molecule has 1 heterocycles. The number of rotatable bonds is 4. The summed E-state index contributed by atoms with van der Waals surface area (Å²) in [4.78, 5) is 36.6. The number of carboxylic acids is 1. The first kappa shape index (κ1) is 17.4. The van der Waals surface area contributed by atoms with Crippen molar-refractivity contribution >= 4 is 17.9 Å². The molecule has 0 saturated carbocycles. The smallest absolute Gasteiger partial charge is 0.321 e. The Bertz CT molecular complexity index is 422. The first-order chi connectivity index (χ1) is 9.61. The molecule has 0 bridgehead atoms. The van der Waals surface area contributed by atoms with Crippen molar-refractivity contribution in [2.24, 2.45) is 5.41 Å². The van der Waals surface area contributed by atoms with Crippen LogP contribution >= 0.6 is 0 Å². The second-order valence-corrected chi connectivity index (χ2v) is 6.44. The van der Waals surface area contributed by atoms with Gasteiger partial charge in [-0.3, -0.25) is 14.9 Å². The number of aliphatic carboxylic acids is 1. The molecule has 1 rings (SSSR count). The fourth-order valence-electron chi connectivity index (χ4n) is 2.29. The number of imide groups is 1. The van der Waals surface area contributed by atoms with Crippen molar-refractivity contribution in [2.45, 2.75) is 52.1 Å². The van der Waals surface area contributed by atoms with Gasteiger partial charge in [0.1, 0.15) is 0 Å². The molecule has 1 aliphatic rings. The quantitative estimate of drug-likeness (QED) is 0.713. The summed E-state index contributed by atoms with van der Waals surface area (Å²) in [5.41, 5.74) is -1.19. The van der Waals surface area contributed by atoms with Crippen LogP contribution in [0.2, 0.25) is 0 Å². The van der Waals surface area contributed by atoms with E-state index >= 15 is 0 Å². The number of piperidine rings is 1. The van der Waals surface area contributed by atoms with Gasteiger partial charge in [0.05, 0.1) is 5.41 Å². The van der Waals surface area contributed by atoms with E-state index in [2.05, 4.69) is 22.5 Å². The number of hydrogen-bond donors (Lipinski definition) is 3. The highest BCUT2D eigenvalue weighted by Crippen LogP contribution is 2.20. The average molecular weight is 299 g/mol. The summed E-state index contributed by atoms with van der Waals surface area (Å²) in [6.45, 7) is 5.88. The predicted octanol–water partition coefficient (Wildman–Crippen LogP) is 0.796. The van der Waals surface area contributed by atoms with E-state index in [1.54, 1.807) is 0 Å². The van der Waals surface area contributed by atoms with Crippen molar-refractivity contribution in [2.75, 3.05) is 13.6 Å². The zero-order valence-electron chi connectivity index (χ0n) is 13.1. The van der Waals surface area contributed by atoms with Gasteiger partial charge < -0.3 is 15.3 Å². The molecule has 1 aliphatic heterocycles. The SMILES string of the molecule is CC1CC(NC(=O)NC(=O)CC(C)(C)C(=O)O)CCN1C. The summed E-state index contributed by atoms with van der Waals surface area (Å²) in [5.74, 6) is -1.65. The monoisotopic (exact) mass is 299 g/mol. The van der Waals surface area contributed by atoms with Crippen LogP contribution in [0.25, 0.3) is 0 Å². The van der Waals surface area contributed by atoms with E-state index in [0.29, 0.717) is 6.04 Å². The third-order valence-corrected chi connectivity index (χ3v) is 3.98. The van der Waals surface area contributed by atoms with Crippen molar-refractivity contribution in [3.63, 3.8) is 0 Å². The van der Waals surface area contributed by atoms with Crippen molar-refractivity contribution in [3.05, 3.63) is 0 Å². The molecule has 0 aromatic carbocycles. The number of carbonyl (C=O) groups is 3. The van der Waals surface area contributed by atoms with Crippen LogP contribution < -0.4 is 10.6 Å². The van der Waals surface area contributed by atoms with Gasteiger partial charge in [-0.05, 0) is 40.7 Å². The molecule has 1 fully saturated rings. The lowest BCUT2D eigenvalue weighted by Crippen LogP contribution is -2.51. The van der Waals surface area contributed by atoms with Crippen molar-refractivity contribution in [1.29, 1.82) is 0 Å². The molecule has 0 aromatic rings. The predicted molar refractivity (Wildman–Crippen MR) is 77.8 cm³/mol. The van der Waals surface area contributed by atoms with Gasteiger partial charge in [-0.2, -0.15) is 0 Å². The van der Waals surface area contributed by atoms with E-state index in [0.717, 1.165) is 19.4 Å². The zero-order chi connectivity index (χ0) is 16.2. The lowest BCUT2D eigenvalue weighted by Gasteiger charge is -2.35. The summed E-state index contributed by atoms with van der Waals surface area (Å²) in [6.07, 6.45) is 1.43. The molecule has 1 saturated heterocycles. The summed E-state index contributed by atoms with van der Waals surface area (Å²) < 4.78 is 0. The van der Waals surface area contributed by atoms with E-state index in [4.69, 9.17) is 5.11 Å². The average Bonchev–Trinajstić information content (AvgIpc) is 2.32. The van der Waals surface area contributed by atoms with E-state index in [-0.39, 0.29) is 12.5 Å². The lowest BCUT2D eigenvalue weighted by atomic mass is 9.89. The minimum atomic E-state index is -1.19. The topological polar surface area (TPSA) is 98.7 Å². The number of carbonyl (C=O) groups excluding carboxylic acids is 2. The van der Waals surface area contributed by atoms with Crippen molar-refractivity contribution in [3.8, 4) is 0 Å². The summed E-state index contributed by atoms with van der Waals surface area (Å²) in [7, 11) is 2.04. The molecule has 120 valence electrons. The molecule has 0 radical (unpaired) electrons. The first-order valence-corrected chi connectivity index (χ1v) is 7.16. The Balaban J connectivity index is 2.40. The van der Waals surface area contributed by atoms with Gasteiger partial charge in [0, 0.05) is 25.0 Å². The highest BCUT2D eigenvalue weighted by atomic mass is 16.4. The molecule has 7 nitrogen and oxygen atoms in total. The Kier molecular flexibility index (Phi) is 5.71. The molecular formula is C14H25N3O4. The number of nitrogens with one attached hydrogen (secondary N) is 2. The third kappa shape index (κ3) is 5.34. The highest BCUT2D eigenvalue weighted by Gasteiger charge is 2.31. The number of nitrogens with zero attached hydrogens (tertiary/aromatic N) is 1. The molecule has 3 amide bonds. The highest BCUT2D eigenvalue weighted by molar-refractivity contribution is 5.96. The maximum absolute atomic E-state index is 11.8. The first-order valence-electron chi connectivity index (χ1n) is 7.16. The van der Waals surface area contributed by atoms with Crippen LogP contribution in [0.5, 0.6) is 0 Å². The van der Waals surface area contributed by atoms with Crippen molar-refractivity contribution in [1.82, 2.24) is 15.5 Å². The van der Waals surface area contributed by atoms with Crippen LogP contribution in [0, 0.1) is 5.41 Å². The lowest BCUT2D eigenvalue weighted by molar-refractivity contribution is -0.149. The summed E-state index contributed by atoms with van der Waals surface area (Å²) >= 11 is 0. The Morgan fingerprint density at radius 1 is 1.33 bits per heavy atom. The van der Waals surface area contributed by atoms with Gasteiger partial charge in [-0.1, -0.05) is 0 Å². The Morgan fingerprint density at radius 2 is 1.95 bits per heavy atom. The third-order valence-electron chi connectivity index (χ3n) is 3.98. The second kappa shape index (κ2) is 6.89. The Labute approximate surface area is 125 Å². The molecule has 2 atom stereocenters. The van der Waals surface area contributed by atoms with Crippen LogP contribution in [0.15, 0.2) is 0 Å². The molecule has 3 N–H and O–H groups in total. The fraction of sp³-hybridized carbons (Fsp3) is 0.786. The number of carboxylic acid groups (broad SMARTS) is 1. The summed E-state index contributed by atoms with van der Waals surface area (Å²) in [6, 6.07) is -0.134. The van der Waals surface area contributed by atoms with E-state index < -0.39 is 23.3 Å². The molecule has 7 heteroatoms. The van der Waals surface area contributed by atoms with Gasteiger partial charge in [-0.25, -0.2) is 4.79 Å². The molecule has 0 spiro atoms. The minimum Gasteiger partial charge on any atom is -0.481 e. The van der Waals surface area contributed by atoms with E-state index in [1.165, 1.54) is 13.8 Å². The fourth-order valence-corrected chi connectivity index (χ4v) is 2.29. The number of likely N-dealkylation sites (tertiary alicyclic amines) is 1. The minimum absolute atomic E-state index is 0.0384. The van der Waals surface area contributed by atoms with E-state index in [1.807, 2.05) is 7.05 Å². The molecule has 2 unspecified atom stereocenters. The van der Waals surface area contributed by atoms with Crippen LogP contribution in [0.1, 0.15) is 40.0 Å². The molecular weight excluding hydrogens is 274 g/mol. The van der Waals surface area contributed by atoms with Crippen LogP contribution in [0.3, 0.4) is 0 Å².